The van der Waals surface area contributed by atoms with Crippen LogP contribution in [0.15, 0.2) is 30.3 Å². The highest BCUT2D eigenvalue weighted by atomic mass is 32.1. The lowest BCUT2D eigenvalue weighted by molar-refractivity contribution is 0.0701. The van der Waals surface area contributed by atoms with E-state index in [1.807, 2.05) is 49.3 Å². The topological polar surface area (TPSA) is 53.4 Å². The van der Waals surface area contributed by atoms with Gasteiger partial charge in [0.2, 0.25) is 0 Å². The van der Waals surface area contributed by atoms with Crippen molar-refractivity contribution in [1.82, 2.24) is 9.88 Å². The third-order valence-electron chi connectivity index (χ3n) is 2.87. The van der Waals surface area contributed by atoms with Gasteiger partial charge in [0.05, 0.1) is 11.7 Å². The molecule has 5 heteroatoms. The number of nitrogens with zero attached hydrogens (tertiary/aromatic N) is 2. The third-order valence-corrected chi connectivity index (χ3v) is 4.07. The number of benzene rings is 1. The van der Waals surface area contributed by atoms with E-state index in [1.54, 1.807) is 6.92 Å². The number of rotatable bonds is 4. The molecule has 1 heterocycles. The summed E-state index contributed by atoms with van der Waals surface area (Å²) in [5.74, 6) is -0.910. The number of hydrogen-bond acceptors (Lipinski definition) is 4. The molecule has 2 rings (SSSR count). The Labute approximate surface area is 116 Å². The molecule has 0 amide bonds. The summed E-state index contributed by atoms with van der Waals surface area (Å²) in [4.78, 5) is 17.9. The Kier molecular flexibility index (Phi) is 3.97. The zero-order chi connectivity index (χ0) is 14.0. The Bertz CT molecular complexity index is 578. The minimum atomic E-state index is -0.910. The van der Waals surface area contributed by atoms with Gasteiger partial charge in [0.15, 0.2) is 0 Å². The van der Waals surface area contributed by atoms with Crippen molar-refractivity contribution in [1.29, 1.82) is 0 Å². The largest absolute Gasteiger partial charge is 0.477 e. The molecule has 1 N–H and O–H groups in total. The van der Waals surface area contributed by atoms with E-state index in [4.69, 9.17) is 5.11 Å². The normalized spacial score (nSPS) is 12.6. The van der Waals surface area contributed by atoms with Crippen LogP contribution in [0.25, 0.3) is 0 Å². The van der Waals surface area contributed by atoms with E-state index in [-0.39, 0.29) is 6.04 Å². The molecular weight excluding hydrogens is 260 g/mol. The quantitative estimate of drug-likeness (QED) is 0.933. The Hall–Kier alpha value is -1.72. The maximum Gasteiger partial charge on any atom is 0.347 e. The van der Waals surface area contributed by atoms with Crippen LogP contribution in [0.2, 0.25) is 0 Å². The first-order valence-electron chi connectivity index (χ1n) is 5.92. The highest BCUT2D eigenvalue weighted by Crippen LogP contribution is 2.31. The fourth-order valence-electron chi connectivity index (χ4n) is 2.03. The van der Waals surface area contributed by atoms with Gasteiger partial charge in [-0.25, -0.2) is 9.78 Å². The molecule has 0 saturated heterocycles. The second kappa shape index (κ2) is 5.50. The maximum absolute atomic E-state index is 11.1. The molecule has 0 spiro atoms. The van der Waals surface area contributed by atoms with Crippen molar-refractivity contribution in [2.24, 2.45) is 0 Å². The van der Waals surface area contributed by atoms with Crippen LogP contribution in [-0.2, 0) is 0 Å². The van der Waals surface area contributed by atoms with Crippen LogP contribution < -0.4 is 0 Å². The van der Waals surface area contributed by atoms with Crippen molar-refractivity contribution in [2.45, 2.75) is 13.0 Å². The van der Waals surface area contributed by atoms with E-state index >= 15 is 0 Å². The molecule has 1 atom stereocenters. The smallest absolute Gasteiger partial charge is 0.347 e. The van der Waals surface area contributed by atoms with Crippen molar-refractivity contribution < 1.29 is 9.90 Å². The van der Waals surface area contributed by atoms with Gasteiger partial charge in [-0.2, -0.15) is 0 Å². The lowest BCUT2D eigenvalue weighted by Gasteiger charge is -2.22. The van der Waals surface area contributed by atoms with Crippen molar-refractivity contribution in [3.05, 3.63) is 51.5 Å². The van der Waals surface area contributed by atoms with Crippen molar-refractivity contribution in [3.63, 3.8) is 0 Å². The summed E-state index contributed by atoms with van der Waals surface area (Å²) < 4.78 is 0. The maximum atomic E-state index is 11.1. The second-order valence-corrected chi connectivity index (χ2v) is 5.58. The van der Waals surface area contributed by atoms with Crippen LogP contribution in [0, 0.1) is 6.92 Å². The standard InChI is InChI=1S/C14H16N2O2S/c1-9-12(14(17)18)19-13(15-9)11(16(2)3)10-7-5-4-6-8-10/h4-8,11H,1-3H3,(H,17,18)/t11-/m0/s1. The molecule has 100 valence electrons. The number of carboxylic acids is 1. The van der Waals surface area contributed by atoms with Crippen LogP contribution in [0.4, 0.5) is 0 Å². The summed E-state index contributed by atoms with van der Waals surface area (Å²) in [5, 5.41) is 9.94. The number of aromatic carboxylic acids is 1. The Morgan fingerprint density at radius 1 is 1.32 bits per heavy atom. The van der Waals surface area contributed by atoms with Crippen molar-refractivity contribution in [2.75, 3.05) is 14.1 Å². The minimum absolute atomic E-state index is 0.0157. The number of aromatic nitrogens is 1. The van der Waals surface area contributed by atoms with Crippen molar-refractivity contribution in [3.8, 4) is 0 Å². The van der Waals surface area contributed by atoms with Gasteiger partial charge in [0.1, 0.15) is 9.88 Å². The highest BCUT2D eigenvalue weighted by molar-refractivity contribution is 7.13. The Balaban J connectivity index is 2.46. The van der Waals surface area contributed by atoms with Crippen LogP contribution in [0.3, 0.4) is 0 Å². The lowest BCUT2D eigenvalue weighted by atomic mass is 10.1. The molecular formula is C14H16N2O2S. The molecule has 19 heavy (non-hydrogen) atoms. The van der Waals surface area contributed by atoms with Gasteiger partial charge in [0, 0.05) is 0 Å². The fraction of sp³-hybridized carbons (Fsp3) is 0.286. The van der Waals surface area contributed by atoms with Crippen LogP contribution >= 0.6 is 11.3 Å². The van der Waals surface area contributed by atoms with Gasteiger partial charge in [-0.15, -0.1) is 11.3 Å². The number of carboxylic acid groups (broad SMARTS) is 1. The van der Waals surface area contributed by atoms with E-state index in [0.29, 0.717) is 10.6 Å². The molecule has 0 aliphatic heterocycles. The molecule has 1 aromatic carbocycles. The van der Waals surface area contributed by atoms with Gasteiger partial charge in [-0.3, -0.25) is 4.90 Å². The molecule has 0 fully saturated rings. The van der Waals surface area contributed by atoms with Crippen LogP contribution in [-0.4, -0.2) is 35.1 Å². The van der Waals surface area contributed by atoms with E-state index in [9.17, 15) is 4.79 Å². The third kappa shape index (κ3) is 2.83. The monoisotopic (exact) mass is 276 g/mol. The Morgan fingerprint density at radius 3 is 2.42 bits per heavy atom. The van der Waals surface area contributed by atoms with Gasteiger partial charge < -0.3 is 5.11 Å². The lowest BCUT2D eigenvalue weighted by Crippen LogP contribution is -2.20. The molecule has 0 saturated carbocycles. The van der Waals surface area contributed by atoms with Crippen LogP contribution in [0.1, 0.15) is 32.0 Å². The minimum Gasteiger partial charge on any atom is -0.477 e. The summed E-state index contributed by atoms with van der Waals surface area (Å²) in [6, 6.07) is 9.96. The summed E-state index contributed by atoms with van der Waals surface area (Å²) in [6.45, 7) is 1.74. The molecule has 0 aliphatic carbocycles. The predicted octanol–water partition coefficient (Wildman–Crippen LogP) is 2.80. The number of carbonyl (C=O) groups is 1. The fourth-order valence-corrected chi connectivity index (χ4v) is 3.16. The summed E-state index contributed by atoms with van der Waals surface area (Å²) in [6.07, 6.45) is 0. The number of thiazole rings is 1. The summed E-state index contributed by atoms with van der Waals surface area (Å²) in [7, 11) is 3.93. The average Bonchev–Trinajstić information content (AvgIpc) is 2.72. The van der Waals surface area contributed by atoms with Gasteiger partial charge >= 0.3 is 5.97 Å². The van der Waals surface area contributed by atoms with E-state index in [1.165, 1.54) is 11.3 Å². The molecule has 0 aliphatic rings. The zero-order valence-electron chi connectivity index (χ0n) is 11.1. The Morgan fingerprint density at radius 2 is 1.95 bits per heavy atom. The first-order valence-corrected chi connectivity index (χ1v) is 6.74. The van der Waals surface area contributed by atoms with Gasteiger partial charge in [0.25, 0.3) is 0 Å². The van der Waals surface area contributed by atoms with Crippen molar-refractivity contribution >= 4 is 17.3 Å². The molecule has 2 aromatic rings. The highest BCUT2D eigenvalue weighted by Gasteiger charge is 2.23. The second-order valence-electron chi connectivity index (χ2n) is 4.55. The molecule has 0 bridgehead atoms. The van der Waals surface area contributed by atoms with E-state index in [2.05, 4.69) is 4.98 Å². The first kappa shape index (κ1) is 13.7. The number of hydrogen-bond donors (Lipinski definition) is 1. The van der Waals surface area contributed by atoms with Crippen LogP contribution in [0.5, 0.6) is 0 Å². The summed E-state index contributed by atoms with van der Waals surface area (Å²) in [5.41, 5.74) is 1.69. The van der Waals surface area contributed by atoms with Gasteiger partial charge in [-0.1, -0.05) is 30.3 Å². The summed E-state index contributed by atoms with van der Waals surface area (Å²) >= 11 is 1.25. The van der Waals surface area contributed by atoms with E-state index in [0.717, 1.165) is 10.6 Å². The molecule has 0 unspecified atom stereocenters. The first-order chi connectivity index (χ1) is 9.00. The number of aryl methyl sites for hydroxylation is 1. The SMILES string of the molecule is Cc1nc([C@H](c2ccccc2)N(C)C)sc1C(=O)O. The predicted molar refractivity (Wildman–Crippen MR) is 75.8 cm³/mol. The zero-order valence-corrected chi connectivity index (χ0v) is 11.9. The van der Waals surface area contributed by atoms with E-state index < -0.39 is 5.97 Å². The average molecular weight is 276 g/mol. The molecule has 0 radical (unpaired) electrons. The molecule has 1 aromatic heterocycles. The van der Waals surface area contributed by atoms with Gasteiger partial charge in [-0.05, 0) is 26.6 Å². The molecule has 4 nitrogen and oxygen atoms in total.